The number of hydrogen-bond acceptors (Lipinski definition) is 6. The van der Waals surface area contributed by atoms with Crippen molar-refractivity contribution in [3.05, 3.63) is 0 Å². The molecule has 0 saturated carbocycles. The summed E-state index contributed by atoms with van der Waals surface area (Å²) in [4.78, 5) is 10.9. The van der Waals surface area contributed by atoms with E-state index in [4.69, 9.17) is 4.28 Å². The topological polar surface area (TPSA) is 99.1 Å². The zero-order valence-corrected chi connectivity index (χ0v) is 10.6. The molecule has 1 aliphatic rings. The van der Waals surface area contributed by atoms with Crippen LogP contribution in [-0.4, -0.2) is 56.6 Å². The van der Waals surface area contributed by atoms with Crippen LogP contribution < -0.4 is 5.32 Å². The molecule has 0 radical (unpaired) electrons. The van der Waals surface area contributed by atoms with Gasteiger partial charge >= 0.3 is 0 Å². The zero-order chi connectivity index (χ0) is 13.0. The molecule has 1 heterocycles. The standard InChI is InChI=1S/C9H18N2O5S/c1-6(12)10-7-3-4-11(16-17(2)15)8(5-7)9(13)14/h7-9,13-14H,3-5H2,1-2H3,(H,10,12). The molecule has 1 fully saturated rings. The lowest BCUT2D eigenvalue weighted by Gasteiger charge is -2.38. The fraction of sp³-hybridized carbons (Fsp3) is 0.889. The third-order valence-corrected chi connectivity index (χ3v) is 2.95. The van der Waals surface area contributed by atoms with Gasteiger partial charge in [-0.25, -0.2) is 4.21 Å². The van der Waals surface area contributed by atoms with Crippen LogP contribution >= 0.6 is 0 Å². The Hall–Kier alpha value is -0.540. The van der Waals surface area contributed by atoms with Crippen LogP contribution in [0.3, 0.4) is 0 Å². The lowest BCUT2D eigenvalue weighted by atomic mass is 9.98. The number of carbonyl (C=O) groups is 1. The van der Waals surface area contributed by atoms with Crippen molar-refractivity contribution in [2.75, 3.05) is 12.8 Å². The molecular weight excluding hydrogens is 248 g/mol. The third-order valence-electron chi connectivity index (χ3n) is 2.55. The van der Waals surface area contributed by atoms with Crippen molar-refractivity contribution in [2.45, 2.75) is 38.1 Å². The van der Waals surface area contributed by atoms with Crippen molar-refractivity contribution in [2.24, 2.45) is 0 Å². The summed E-state index contributed by atoms with van der Waals surface area (Å²) in [5.74, 6) is -0.158. The fourth-order valence-corrected chi connectivity index (χ4v) is 2.35. The molecular formula is C9H18N2O5S. The van der Waals surface area contributed by atoms with Crippen molar-refractivity contribution in [1.82, 2.24) is 10.4 Å². The molecule has 1 amide bonds. The molecule has 0 aromatic carbocycles. The average molecular weight is 266 g/mol. The number of nitrogens with one attached hydrogen (secondary N) is 1. The highest BCUT2D eigenvalue weighted by Crippen LogP contribution is 2.20. The summed E-state index contributed by atoms with van der Waals surface area (Å²) in [6, 6.07) is -0.811. The van der Waals surface area contributed by atoms with Gasteiger partial charge in [0.1, 0.15) is 0 Å². The minimum absolute atomic E-state index is 0.121. The maximum Gasteiger partial charge on any atom is 0.217 e. The number of nitrogens with zero attached hydrogens (tertiary/aromatic N) is 1. The highest BCUT2D eigenvalue weighted by molar-refractivity contribution is 7.79. The molecule has 1 rings (SSSR count). The summed E-state index contributed by atoms with van der Waals surface area (Å²) in [6.07, 6.45) is 0.713. The lowest BCUT2D eigenvalue weighted by Crippen LogP contribution is -2.53. The zero-order valence-electron chi connectivity index (χ0n) is 9.83. The Kier molecular flexibility index (Phi) is 5.47. The molecule has 17 heavy (non-hydrogen) atoms. The maximum absolute atomic E-state index is 11.0. The van der Waals surface area contributed by atoms with Crippen LogP contribution in [0.1, 0.15) is 19.8 Å². The van der Waals surface area contributed by atoms with E-state index in [9.17, 15) is 19.2 Å². The first kappa shape index (κ1) is 14.5. The highest BCUT2D eigenvalue weighted by Gasteiger charge is 2.34. The van der Waals surface area contributed by atoms with Gasteiger partial charge in [0.2, 0.25) is 5.91 Å². The van der Waals surface area contributed by atoms with Crippen LogP contribution in [-0.2, 0) is 20.2 Å². The Bertz CT molecular complexity index is 299. The molecule has 0 spiro atoms. The van der Waals surface area contributed by atoms with E-state index in [0.717, 1.165) is 0 Å². The molecule has 3 N–H and O–H groups in total. The Labute approximate surface area is 102 Å². The first-order valence-corrected chi connectivity index (χ1v) is 6.80. The molecule has 1 saturated heterocycles. The highest BCUT2D eigenvalue weighted by atomic mass is 32.2. The Morgan fingerprint density at radius 2 is 2.24 bits per heavy atom. The first-order chi connectivity index (χ1) is 7.90. The van der Waals surface area contributed by atoms with Gasteiger partial charge in [-0.2, -0.15) is 9.35 Å². The van der Waals surface area contributed by atoms with Crippen LogP contribution in [0, 0.1) is 0 Å². The second-order valence-corrected chi connectivity index (χ2v) is 4.97. The van der Waals surface area contributed by atoms with E-state index in [1.807, 2.05) is 0 Å². The van der Waals surface area contributed by atoms with Crippen molar-refractivity contribution < 1.29 is 23.5 Å². The van der Waals surface area contributed by atoms with Crippen LogP contribution in [0.4, 0.5) is 0 Å². The van der Waals surface area contributed by atoms with Crippen LogP contribution in [0.2, 0.25) is 0 Å². The molecule has 0 bridgehead atoms. The van der Waals surface area contributed by atoms with Gasteiger partial charge in [0.05, 0.1) is 6.04 Å². The first-order valence-electron chi connectivity index (χ1n) is 5.32. The Morgan fingerprint density at radius 3 is 2.71 bits per heavy atom. The van der Waals surface area contributed by atoms with E-state index < -0.39 is 23.4 Å². The maximum atomic E-state index is 11.0. The summed E-state index contributed by atoms with van der Waals surface area (Å²) in [6.45, 7) is 1.79. The Balaban J connectivity index is 2.60. The van der Waals surface area contributed by atoms with Gasteiger partial charge < -0.3 is 15.5 Å². The number of amides is 1. The van der Waals surface area contributed by atoms with Crippen molar-refractivity contribution in [1.29, 1.82) is 0 Å². The lowest BCUT2D eigenvalue weighted by molar-refractivity contribution is -0.193. The molecule has 0 aromatic rings. The van der Waals surface area contributed by atoms with Gasteiger partial charge in [-0.05, 0) is 12.8 Å². The van der Waals surface area contributed by atoms with E-state index in [1.165, 1.54) is 18.2 Å². The second-order valence-electron chi connectivity index (χ2n) is 4.02. The van der Waals surface area contributed by atoms with Gasteiger partial charge in [-0.15, -0.1) is 0 Å². The summed E-state index contributed by atoms with van der Waals surface area (Å²) in [7, 11) is 0. The molecule has 8 heteroatoms. The predicted molar refractivity (Wildman–Crippen MR) is 60.7 cm³/mol. The van der Waals surface area contributed by atoms with E-state index in [-0.39, 0.29) is 11.9 Å². The van der Waals surface area contributed by atoms with Gasteiger partial charge in [0, 0.05) is 25.8 Å². The van der Waals surface area contributed by atoms with Gasteiger partial charge in [0.15, 0.2) is 17.4 Å². The number of aliphatic hydroxyl groups excluding tert-OH is 1. The predicted octanol–water partition coefficient (Wildman–Crippen LogP) is -1.51. The van der Waals surface area contributed by atoms with Crippen molar-refractivity contribution >= 4 is 17.0 Å². The second kappa shape index (κ2) is 6.41. The Morgan fingerprint density at radius 1 is 1.59 bits per heavy atom. The summed E-state index contributed by atoms with van der Waals surface area (Å²) in [5.41, 5.74) is 0. The summed E-state index contributed by atoms with van der Waals surface area (Å²) in [5, 5.41) is 22.5. The van der Waals surface area contributed by atoms with Crippen molar-refractivity contribution in [3.8, 4) is 0 Å². The number of hydroxylamine groups is 2. The quantitative estimate of drug-likeness (QED) is 0.535. The number of piperidine rings is 1. The molecule has 7 nitrogen and oxygen atoms in total. The minimum atomic E-state index is -1.60. The van der Waals surface area contributed by atoms with Gasteiger partial charge in [0.25, 0.3) is 0 Å². The van der Waals surface area contributed by atoms with Gasteiger partial charge in [-0.1, -0.05) is 0 Å². The number of aliphatic hydroxyl groups is 2. The molecule has 1 aliphatic heterocycles. The van der Waals surface area contributed by atoms with E-state index >= 15 is 0 Å². The van der Waals surface area contributed by atoms with Gasteiger partial charge in [-0.3, -0.25) is 4.79 Å². The number of hydrogen-bond donors (Lipinski definition) is 3. The van der Waals surface area contributed by atoms with E-state index in [2.05, 4.69) is 5.32 Å². The molecule has 0 aliphatic carbocycles. The molecule has 0 aromatic heterocycles. The molecule has 3 atom stereocenters. The minimum Gasteiger partial charge on any atom is -0.367 e. The molecule has 3 unspecified atom stereocenters. The summed E-state index contributed by atoms with van der Waals surface area (Å²) < 4.78 is 15.9. The monoisotopic (exact) mass is 266 g/mol. The number of carbonyl (C=O) groups excluding carboxylic acids is 1. The van der Waals surface area contributed by atoms with Crippen LogP contribution in [0.15, 0.2) is 0 Å². The van der Waals surface area contributed by atoms with E-state index in [0.29, 0.717) is 19.4 Å². The molecule has 100 valence electrons. The normalized spacial score (nSPS) is 28.1. The average Bonchev–Trinajstić information content (AvgIpc) is 2.18. The smallest absolute Gasteiger partial charge is 0.217 e. The summed E-state index contributed by atoms with van der Waals surface area (Å²) >= 11 is -1.51. The van der Waals surface area contributed by atoms with Crippen molar-refractivity contribution in [3.63, 3.8) is 0 Å². The van der Waals surface area contributed by atoms with Crippen LogP contribution in [0.25, 0.3) is 0 Å². The largest absolute Gasteiger partial charge is 0.367 e. The van der Waals surface area contributed by atoms with Crippen LogP contribution in [0.5, 0.6) is 0 Å². The third kappa shape index (κ3) is 4.68. The number of rotatable bonds is 4. The van der Waals surface area contributed by atoms with E-state index in [1.54, 1.807) is 0 Å². The fourth-order valence-electron chi connectivity index (χ4n) is 1.89. The SMILES string of the molecule is CC(=O)NC1CCN(OS(C)=O)C(C(O)O)C1.